The van der Waals surface area contributed by atoms with Crippen molar-refractivity contribution in [3.05, 3.63) is 71.1 Å². The summed E-state index contributed by atoms with van der Waals surface area (Å²) in [6, 6.07) is 18.0. The van der Waals surface area contributed by atoms with Crippen LogP contribution in [0.25, 0.3) is 10.1 Å². The van der Waals surface area contributed by atoms with E-state index >= 15 is 0 Å². The number of hydrogen-bond acceptors (Lipinski definition) is 6. The molecule has 0 radical (unpaired) electrons. The lowest BCUT2D eigenvalue weighted by Gasteiger charge is -2.18. The minimum absolute atomic E-state index is 0.0998. The fourth-order valence-electron chi connectivity index (χ4n) is 3.78. The monoisotopic (exact) mass is 539 g/mol. The summed E-state index contributed by atoms with van der Waals surface area (Å²) < 4.78 is 6.18. The first kappa shape index (κ1) is 28.6. The Hall–Kier alpha value is -3.92. The van der Waals surface area contributed by atoms with Gasteiger partial charge in [-0.2, -0.15) is 0 Å². The molecule has 4 N–H and O–H groups in total. The smallest absolute Gasteiger partial charge is 0.407 e. The van der Waals surface area contributed by atoms with E-state index in [0.717, 1.165) is 15.6 Å². The van der Waals surface area contributed by atoms with E-state index in [9.17, 15) is 19.2 Å². The molecular formula is C28H33N3O6S. The maximum Gasteiger partial charge on any atom is 0.407 e. The number of thiophene rings is 1. The van der Waals surface area contributed by atoms with Crippen LogP contribution in [0.4, 0.5) is 4.79 Å². The quantitative estimate of drug-likeness (QED) is 0.211. The van der Waals surface area contributed by atoms with Crippen LogP contribution < -0.4 is 16.0 Å². The molecular weight excluding hydrogens is 506 g/mol. The fraction of sp³-hybridized carbons (Fsp3) is 0.357. The zero-order valence-corrected chi connectivity index (χ0v) is 21.9. The van der Waals surface area contributed by atoms with Gasteiger partial charge in [-0.1, -0.05) is 55.0 Å². The summed E-state index contributed by atoms with van der Waals surface area (Å²) >= 11 is 1.36. The molecule has 1 aromatic heterocycles. The van der Waals surface area contributed by atoms with E-state index in [1.807, 2.05) is 54.6 Å². The number of carboxylic acid groups (broad SMARTS) is 1. The summed E-state index contributed by atoms with van der Waals surface area (Å²) in [5.74, 6) is -1.48. The molecule has 0 spiro atoms. The maximum atomic E-state index is 12.9. The number of ether oxygens (including phenoxy) is 1. The first-order valence-electron chi connectivity index (χ1n) is 12.7. The van der Waals surface area contributed by atoms with Gasteiger partial charge in [0.1, 0.15) is 12.6 Å². The van der Waals surface area contributed by atoms with Gasteiger partial charge in [-0.15, -0.1) is 11.3 Å². The highest BCUT2D eigenvalue weighted by Gasteiger charge is 2.22. The lowest BCUT2D eigenvalue weighted by Crippen LogP contribution is -2.47. The molecule has 0 saturated carbocycles. The van der Waals surface area contributed by atoms with E-state index in [4.69, 9.17) is 9.84 Å². The number of amides is 3. The van der Waals surface area contributed by atoms with Gasteiger partial charge < -0.3 is 25.8 Å². The van der Waals surface area contributed by atoms with Crippen LogP contribution in [0, 0.1) is 0 Å². The van der Waals surface area contributed by atoms with Crippen LogP contribution in [-0.2, 0) is 20.9 Å². The Bertz CT molecular complexity index is 1180. The van der Waals surface area contributed by atoms with E-state index in [1.165, 1.54) is 11.3 Å². The van der Waals surface area contributed by atoms with Crippen molar-refractivity contribution in [3.8, 4) is 0 Å². The highest BCUT2D eigenvalue weighted by atomic mass is 32.1. The van der Waals surface area contributed by atoms with Crippen LogP contribution in [0.2, 0.25) is 0 Å². The largest absolute Gasteiger partial charge is 0.481 e. The van der Waals surface area contributed by atoms with E-state index in [1.54, 1.807) is 6.07 Å². The van der Waals surface area contributed by atoms with Crippen molar-refractivity contribution in [1.82, 2.24) is 16.0 Å². The minimum atomic E-state index is -0.837. The van der Waals surface area contributed by atoms with Crippen molar-refractivity contribution in [2.24, 2.45) is 0 Å². The van der Waals surface area contributed by atoms with Crippen LogP contribution in [0.15, 0.2) is 60.7 Å². The van der Waals surface area contributed by atoms with Gasteiger partial charge in [-0.3, -0.25) is 14.4 Å². The number of benzene rings is 2. The summed E-state index contributed by atoms with van der Waals surface area (Å²) in [6.07, 6.45) is 2.19. The molecule has 0 bridgehead atoms. The number of nitrogens with one attached hydrogen (secondary N) is 3. The number of unbranched alkanes of at least 4 members (excludes halogenated alkanes) is 2. The average Bonchev–Trinajstić information content (AvgIpc) is 3.36. The lowest BCUT2D eigenvalue weighted by molar-refractivity contribution is -0.137. The topological polar surface area (TPSA) is 134 Å². The highest BCUT2D eigenvalue weighted by Crippen LogP contribution is 2.25. The predicted octanol–water partition coefficient (Wildman–Crippen LogP) is 4.47. The van der Waals surface area contributed by atoms with Crippen LogP contribution >= 0.6 is 11.3 Å². The molecule has 0 saturated heterocycles. The predicted molar refractivity (Wildman–Crippen MR) is 146 cm³/mol. The molecule has 38 heavy (non-hydrogen) atoms. The third-order valence-electron chi connectivity index (χ3n) is 5.79. The normalized spacial score (nSPS) is 11.5. The summed E-state index contributed by atoms with van der Waals surface area (Å²) in [5.41, 5.74) is 0.881. The number of hydrogen-bond donors (Lipinski definition) is 4. The molecule has 0 fully saturated rings. The molecule has 1 atom stereocenters. The van der Waals surface area contributed by atoms with Gasteiger partial charge in [0, 0.05) is 24.2 Å². The fourth-order valence-corrected chi connectivity index (χ4v) is 4.74. The Morgan fingerprint density at radius 1 is 0.868 bits per heavy atom. The van der Waals surface area contributed by atoms with E-state index in [-0.39, 0.29) is 31.4 Å². The van der Waals surface area contributed by atoms with Crippen LogP contribution in [0.1, 0.15) is 53.8 Å². The summed E-state index contributed by atoms with van der Waals surface area (Å²) in [5, 5.41) is 18.0. The van der Waals surface area contributed by atoms with Gasteiger partial charge in [-0.25, -0.2) is 4.79 Å². The van der Waals surface area contributed by atoms with Crippen molar-refractivity contribution in [1.29, 1.82) is 0 Å². The SMILES string of the molecule is O=C(O)CCCCCNC(=O)[C@H](CCCNC(=O)OCc1ccccc1)NC(=O)c1cc2ccccc2s1. The second-order valence-corrected chi connectivity index (χ2v) is 9.88. The zero-order chi connectivity index (χ0) is 27.2. The average molecular weight is 540 g/mol. The number of rotatable bonds is 15. The molecule has 3 amide bonds. The van der Waals surface area contributed by atoms with Crippen molar-refractivity contribution in [3.63, 3.8) is 0 Å². The molecule has 2 aromatic carbocycles. The number of carboxylic acids is 1. The van der Waals surface area contributed by atoms with Crippen LogP contribution in [0.5, 0.6) is 0 Å². The zero-order valence-electron chi connectivity index (χ0n) is 21.1. The number of carbonyl (C=O) groups is 4. The van der Waals surface area contributed by atoms with Gasteiger partial charge in [0.25, 0.3) is 5.91 Å². The number of fused-ring (bicyclic) bond motifs is 1. The van der Waals surface area contributed by atoms with Crippen molar-refractivity contribution in [2.75, 3.05) is 13.1 Å². The summed E-state index contributed by atoms with van der Waals surface area (Å²) in [7, 11) is 0. The third kappa shape index (κ3) is 9.85. The molecule has 9 nitrogen and oxygen atoms in total. The summed E-state index contributed by atoms with van der Waals surface area (Å²) in [4.78, 5) is 49.0. The van der Waals surface area contributed by atoms with Crippen molar-refractivity contribution >= 4 is 45.3 Å². The second-order valence-electron chi connectivity index (χ2n) is 8.80. The molecule has 0 aliphatic heterocycles. The number of aliphatic carboxylic acids is 1. The lowest BCUT2D eigenvalue weighted by atomic mass is 10.1. The molecule has 202 valence electrons. The van der Waals surface area contributed by atoms with Gasteiger partial charge in [0.05, 0.1) is 4.88 Å². The van der Waals surface area contributed by atoms with Gasteiger partial charge >= 0.3 is 12.1 Å². The molecule has 3 aromatic rings. The standard InChI is InChI=1S/C28H33N3O6S/c32-25(33)15-5-2-8-16-29-26(34)22(31-27(35)24-18-21-12-6-7-14-23(21)38-24)13-9-17-30-28(36)37-19-20-10-3-1-4-11-20/h1,3-4,6-7,10-12,14,18,22H,2,5,8-9,13,15-17,19H2,(H,29,34)(H,30,36)(H,31,35)(H,32,33)/t22-/m0/s1. The highest BCUT2D eigenvalue weighted by molar-refractivity contribution is 7.20. The Morgan fingerprint density at radius 3 is 2.37 bits per heavy atom. The van der Waals surface area contributed by atoms with Crippen molar-refractivity contribution < 1.29 is 29.0 Å². The second kappa shape index (κ2) is 15.4. The molecule has 3 rings (SSSR count). The number of alkyl carbamates (subject to hydrolysis) is 1. The molecule has 0 aliphatic rings. The van der Waals surface area contributed by atoms with Crippen LogP contribution in [-0.4, -0.2) is 48.1 Å². The van der Waals surface area contributed by atoms with Gasteiger partial charge in [0.15, 0.2) is 0 Å². The van der Waals surface area contributed by atoms with E-state index in [0.29, 0.717) is 43.5 Å². The first-order valence-corrected chi connectivity index (χ1v) is 13.5. The number of carbonyl (C=O) groups excluding carboxylic acids is 3. The maximum absolute atomic E-state index is 12.9. The Kier molecular flexibility index (Phi) is 11.6. The molecule has 0 unspecified atom stereocenters. The Balaban J connectivity index is 1.48. The van der Waals surface area contributed by atoms with Crippen molar-refractivity contribution in [2.45, 2.75) is 51.2 Å². The Labute approximate surface area is 225 Å². The summed E-state index contributed by atoms with van der Waals surface area (Å²) in [6.45, 7) is 0.832. The minimum Gasteiger partial charge on any atom is -0.481 e. The van der Waals surface area contributed by atoms with Gasteiger partial charge in [0.2, 0.25) is 5.91 Å². The van der Waals surface area contributed by atoms with Crippen LogP contribution in [0.3, 0.4) is 0 Å². The van der Waals surface area contributed by atoms with Gasteiger partial charge in [-0.05, 0) is 48.8 Å². The molecule has 1 heterocycles. The molecule has 0 aliphatic carbocycles. The Morgan fingerprint density at radius 2 is 1.61 bits per heavy atom. The first-order chi connectivity index (χ1) is 18.4. The van der Waals surface area contributed by atoms with E-state index < -0.39 is 18.1 Å². The van der Waals surface area contributed by atoms with E-state index in [2.05, 4.69) is 16.0 Å². The third-order valence-corrected chi connectivity index (χ3v) is 6.90. The molecule has 10 heteroatoms.